The van der Waals surface area contributed by atoms with Gasteiger partial charge in [-0.1, -0.05) is 24.3 Å². The van der Waals surface area contributed by atoms with Crippen molar-refractivity contribution in [2.75, 3.05) is 12.4 Å². The lowest BCUT2D eigenvalue weighted by atomic mass is 10.1. The van der Waals surface area contributed by atoms with Gasteiger partial charge in [0.25, 0.3) is 5.91 Å². The van der Waals surface area contributed by atoms with Crippen molar-refractivity contribution in [2.24, 2.45) is 0 Å². The topological polar surface area (TPSA) is 82.3 Å². The van der Waals surface area contributed by atoms with Crippen molar-refractivity contribution in [3.05, 3.63) is 59.7 Å². The van der Waals surface area contributed by atoms with Gasteiger partial charge in [-0.3, -0.25) is 4.79 Å². The van der Waals surface area contributed by atoms with Gasteiger partial charge >= 0.3 is 0 Å². The fourth-order valence-electron chi connectivity index (χ4n) is 1.87. The molecule has 0 saturated carbocycles. The average molecular weight is 294 g/mol. The van der Waals surface area contributed by atoms with Crippen molar-refractivity contribution in [3.8, 4) is 17.6 Å². The fraction of sp³-hybridized carbons (Fsp3) is 0.0588. The maximum Gasteiger partial charge on any atom is 0.266 e. The highest BCUT2D eigenvalue weighted by atomic mass is 16.5. The average Bonchev–Trinajstić information content (AvgIpc) is 2.53. The number of para-hydroxylation sites is 2. The summed E-state index contributed by atoms with van der Waals surface area (Å²) in [5.74, 6) is 0.0250. The quantitative estimate of drug-likeness (QED) is 0.671. The number of nitrogens with zero attached hydrogens (tertiary/aromatic N) is 1. The molecule has 0 heterocycles. The molecule has 2 aromatic rings. The van der Waals surface area contributed by atoms with E-state index in [4.69, 9.17) is 10.00 Å². The molecule has 0 unspecified atom stereocenters. The Balaban J connectivity index is 2.25. The number of ether oxygens (including phenoxy) is 1. The van der Waals surface area contributed by atoms with Gasteiger partial charge in [0, 0.05) is 0 Å². The van der Waals surface area contributed by atoms with E-state index in [1.807, 2.05) is 6.07 Å². The molecule has 0 aliphatic heterocycles. The molecule has 0 atom stereocenters. The van der Waals surface area contributed by atoms with Crippen molar-refractivity contribution < 1.29 is 14.6 Å². The number of anilines is 1. The van der Waals surface area contributed by atoms with Crippen LogP contribution in [0.2, 0.25) is 0 Å². The summed E-state index contributed by atoms with van der Waals surface area (Å²) < 4.78 is 5.14. The summed E-state index contributed by atoms with van der Waals surface area (Å²) in [6, 6.07) is 15.1. The van der Waals surface area contributed by atoms with Crippen LogP contribution in [-0.4, -0.2) is 18.1 Å². The predicted octanol–water partition coefficient (Wildman–Crippen LogP) is 2.95. The number of phenols is 1. The van der Waals surface area contributed by atoms with Gasteiger partial charge in [-0.2, -0.15) is 5.26 Å². The zero-order valence-corrected chi connectivity index (χ0v) is 11.9. The molecule has 1 amide bonds. The van der Waals surface area contributed by atoms with Gasteiger partial charge in [0.05, 0.1) is 12.8 Å². The highest BCUT2D eigenvalue weighted by molar-refractivity contribution is 6.10. The van der Waals surface area contributed by atoms with Crippen LogP contribution in [0, 0.1) is 11.3 Å². The molecule has 5 nitrogen and oxygen atoms in total. The number of carbonyl (C=O) groups is 1. The van der Waals surface area contributed by atoms with E-state index in [0.717, 1.165) is 0 Å². The van der Waals surface area contributed by atoms with Crippen molar-refractivity contribution in [1.29, 1.82) is 5.26 Å². The van der Waals surface area contributed by atoms with Crippen LogP contribution >= 0.6 is 0 Å². The first kappa shape index (κ1) is 15.1. The Bertz CT molecular complexity index is 760. The summed E-state index contributed by atoms with van der Waals surface area (Å²) in [7, 11) is 1.50. The molecule has 22 heavy (non-hydrogen) atoms. The Hall–Kier alpha value is -3.26. The molecular formula is C17H14N2O3. The number of phenolic OH excluding ortho intramolecular Hbond substituents is 1. The Morgan fingerprint density at radius 1 is 1.27 bits per heavy atom. The molecule has 2 aromatic carbocycles. The minimum Gasteiger partial charge on any atom is -0.508 e. The second kappa shape index (κ2) is 6.95. The Morgan fingerprint density at radius 3 is 2.73 bits per heavy atom. The summed E-state index contributed by atoms with van der Waals surface area (Å²) in [5.41, 5.74) is 0.968. The number of carbonyl (C=O) groups excluding carboxylic acids is 1. The van der Waals surface area contributed by atoms with E-state index >= 15 is 0 Å². The molecule has 0 aliphatic carbocycles. The molecule has 5 heteroatoms. The van der Waals surface area contributed by atoms with E-state index in [1.165, 1.54) is 25.3 Å². The van der Waals surface area contributed by atoms with Crippen LogP contribution in [0.4, 0.5) is 5.69 Å². The molecule has 0 saturated heterocycles. The van der Waals surface area contributed by atoms with Crippen molar-refractivity contribution in [1.82, 2.24) is 0 Å². The minimum atomic E-state index is -0.546. The van der Waals surface area contributed by atoms with Crippen LogP contribution in [0.15, 0.2) is 54.1 Å². The van der Waals surface area contributed by atoms with E-state index in [0.29, 0.717) is 17.0 Å². The van der Waals surface area contributed by atoms with Gasteiger partial charge in [0.1, 0.15) is 23.1 Å². The van der Waals surface area contributed by atoms with Crippen molar-refractivity contribution in [3.63, 3.8) is 0 Å². The molecule has 0 fully saturated rings. The maximum absolute atomic E-state index is 12.2. The first-order chi connectivity index (χ1) is 10.6. The lowest BCUT2D eigenvalue weighted by Crippen LogP contribution is -2.14. The number of methoxy groups -OCH3 is 1. The van der Waals surface area contributed by atoms with Crippen LogP contribution in [0.5, 0.6) is 11.5 Å². The summed E-state index contributed by atoms with van der Waals surface area (Å²) in [4.78, 5) is 12.2. The predicted molar refractivity (Wildman–Crippen MR) is 83.3 cm³/mol. The van der Waals surface area contributed by atoms with Crippen LogP contribution in [0.25, 0.3) is 6.08 Å². The van der Waals surface area contributed by atoms with Gasteiger partial charge in [-0.05, 0) is 35.9 Å². The van der Waals surface area contributed by atoms with Gasteiger partial charge < -0.3 is 15.2 Å². The molecular weight excluding hydrogens is 280 g/mol. The third kappa shape index (κ3) is 3.64. The number of benzene rings is 2. The van der Waals surface area contributed by atoms with Gasteiger partial charge in [-0.25, -0.2) is 0 Å². The molecule has 0 spiro atoms. The van der Waals surface area contributed by atoms with Crippen molar-refractivity contribution >= 4 is 17.7 Å². The van der Waals surface area contributed by atoms with Gasteiger partial charge in [0.2, 0.25) is 0 Å². The molecule has 2 N–H and O–H groups in total. The number of hydrogen-bond acceptors (Lipinski definition) is 4. The van der Waals surface area contributed by atoms with Gasteiger partial charge in [-0.15, -0.1) is 0 Å². The first-order valence-corrected chi connectivity index (χ1v) is 6.49. The standard InChI is InChI=1S/C17H14N2O3/c1-22-16-8-3-2-7-15(16)19-17(21)13(11-18)9-12-5-4-6-14(20)10-12/h2-10,20H,1H3,(H,19,21)/b13-9+. The Morgan fingerprint density at radius 2 is 2.05 bits per heavy atom. The number of aromatic hydroxyl groups is 1. The second-order valence-corrected chi connectivity index (χ2v) is 4.42. The van der Waals surface area contributed by atoms with Gasteiger partial charge in [0.15, 0.2) is 0 Å². The number of hydrogen-bond donors (Lipinski definition) is 2. The molecule has 0 bridgehead atoms. The lowest BCUT2D eigenvalue weighted by Gasteiger charge is -2.09. The zero-order valence-electron chi connectivity index (χ0n) is 11.9. The van der Waals surface area contributed by atoms with Crippen LogP contribution in [0.1, 0.15) is 5.56 Å². The second-order valence-electron chi connectivity index (χ2n) is 4.42. The molecule has 0 radical (unpaired) electrons. The van der Waals surface area contributed by atoms with E-state index in [2.05, 4.69) is 5.32 Å². The smallest absolute Gasteiger partial charge is 0.266 e. The number of rotatable bonds is 4. The molecule has 0 aromatic heterocycles. The number of nitrogens with one attached hydrogen (secondary N) is 1. The normalized spacial score (nSPS) is 10.6. The first-order valence-electron chi connectivity index (χ1n) is 6.49. The summed E-state index contributed by atoms with van der Waals surface area (Å²) in [5, 5.41) is 21.2. The van der Waals surface area contributed by atoms with Crippen LogP contribution in [-0.2, 0) is 4.79 Å². The Kier molecular flexibility index (Phi) is 4.78. The fourth-order valence-corrected chi connectivity index (χ4v) is 1.87. The SMILES string of the molecule is COc1ccccc1NC(=O)/C(C#N)=C/c1cccc(O)c1. The van der Waals surface area contributed by atoms with Crippen LogP contribution < -0.4 is 10.1 Å². The summed E-state index contributed by atoms with van der Waals surface area (Å²) in [6.07, 6.45) is 1.41. The zero-order chi connectivity index (χ0) is 15.9. The highest BCUT2D eigenvalue weighted by Gasteiger charge is 2.12. The van der Waals surface area contributed by atoms with Crippen LogP contribution in [0.3, 0.4) is 0 Å². The largest absolute Gasteiger partial charge is 0.508 e. The third-order valence-corrected chi connectivity index (χ3v) is 2.90. The Labute approximate surface area is 128 Å². The monoisotopic (exact) mass is 294 g/mol. The van der Waals surface area contributed by atoms with Crippen molar-refractivity contribution in [2.45, 2.75) is 0 Å². The number of nitriles is 1. The summed E-state index contributed by atoms with van der Waals surface area (Å²) >= 11 is 0. The van der Waals surface area contributed by atoms with E-state index in [-0.39, 0.29) is 11.3 Å². The highest BCUT2D eigenvalue weighted by Crippen LogP contribution is 2.24. The maximum atomic E-state index is 12.2. The van der Waals surface area contributed by atoms with E-state index < -0.39 is 5.91 Å². The molecule has 2 rings (SSSR count). The minimum absolute atomic E-state index is 0.0659. The van der Waals surface area contributed by atoms with E-state index in [1.54, 1.807) is 36.4 Å². The lowest BCUT2D eigenvalue weighted by molar-refractivity contribution is -0.112. The summed E-state index contributed by atoms with van der Waals surface area (Å²) in [6.45, 7) is 0. The molecule has 110 valence electrons. The number of amides is 1. The van der Waals surface area contributed by atoms with E-state index in [9.17, 15) is 9.90 Å². The third-order valence-electron chi connectivity index (χ3n) is 2.90. The molecule has 0 aliphatic rings.